The fourth-order valence-corrected chi connectivity index (χ4v) is 3.14. The third-order valence-electron chi connectivity index (χ3n) is 4.45. The van der Waals surface area contributed by atoms with E-state index in [-0.39, 0.29) is 5.56 Å². The summed E-state index contributed by atoms with van der Waals surface area (Å²) < 4.78 is 22.3. The number of hydrogen-bond acceptors (Lipinski definition) is 6. The van der Waals surface area contributed by atoms with Gasteiger partial charge >= 0.3 is 0 Å². The van der Waals surface area contributed by atoms with Gasteiger partial charge in [-0.2, -0.15) is 0 Å². The van der Waals surface area contributed by atoms with Gasteiger partial charge in [0.25, 0.3) is 0 Å². The van der Waals surface area contributed by atoms with Crippen molar-refractivity contribution in [3.8, 4) is 39.7 Å². The highest BCUT2D eigenvalue weighted by Crippen LogP contribution is 2.42. The molecule has 0 saturated heterocycles. The Bertz CT molecular complexity index is 1180. The highest BCUT2D eigenvalue weighted by Gasteiger charge is 2.18. The van der Waals surface area contributed by atoms with Crippen LogP contribution in [0.15, 0.2) is 58.0 Å². The van der Waals surface area contributed by atoms with E-state index in [4.69, 9.17) is 18.6 Å². The van der Waals surface area contributed by atoms with Gasteiger partial charge < -0.3 is 23.6 Å². The van der Waals surface area contributed by atoms with Crippen LogP contribution in [0.4, 0.5) is 0 Å². The first-order chi connectivity index (χ1) is 13.6. The number of nitrogens with one attached hydrogen (secondary N) is 1. The molecule has 1 N–H and O–H groups in total. The maximum atomic E-state index is 11.7. The van der Waals surface area contributed by atoms with Crippen LogP contribution in [-0.4, -0.2) is 31.3 Å². The monoisotopic (exact) mass is 378 g/mol. The summed E-state index contributed by atoms with van der Waals surface area (Å²) in [4.78, 5) is 18.7. The Morgan fingerprint density at radius 3 is 2.32 bits per heavy atom. The van der Waals surface area contributed by atoms with Crippen molar-refractivity contribution < 1.29 is 18.6 Å². The van der Waals surface area contributed by atoms with Crippen LogP contribution in [0, 0.1) is 0 Å². The highest BCUT2D eigenvalue weighted by atomic mass is 16.5. The molecule has 0 atom stereocenters. The maximum absolute atomic E-state index is 11.7. The van der Waals surface area contributed by atoms with Gasteiger partial charge in [-0.25, -0.2) is 0 Å². The Balaban J connectivity index is 1.90. The maximum Gasteiger partial charge on any atom is 0.248 e. The van der Waals surface area contributed by atoms with Crippen LogP contribution in [-0.2, 0) is 0 Å². The van der Waals surface area contributed by atoms with Crippen molar-refractivity contribution in [1.29, 1.82) is 0 Å². The van der Waals surface area contributed by atoms with Gasteiger partial charge in [0.05, 0.1) is 21.3 Å². The number of H-pyrrole nitrogens is 1. The fourth-order valence-electron chi connectivity index (χ4n) is 3.14. The number of methoxy groups -OCH3 is 3. The van der Waals surface area contributed by atoms with Crippen LogP contribution in [0.3, 0.4) is 0 Å². The normalized spacial score (nSPS) is 10.8. The van der Waals surface area contributed by atoms with E-state index in [1.165, 1.54) is 6.07 Å². The Morgan fingerprint density at radius 2 is 1.68 bits per heavy atom. The van der Waals surface area contributed by atoms with Crippen LogP contribution in [0.5, 0.6) is 17.2 Å². The number of aromatic nitrogens is 2. The number of rotatable bonds is 5. The van der Waals surface area contributed by atoms with E-state index in [1.807, 2.05) is 30.3 Å². The second-order valence-electron chi connectivity index (χ2n) is 6.04. The summed E-state index contributed by atoms with van der Waals surface area (Å²) in [6, 6.07) is 10.6. The lowest BCUT2D eigenvalue weighted by molar-refractivity contribution is 0.324. The Labute approximate surface area is 160 Å². The summed E-state index contributed by atoms with van der Waals surface area (Å²) in [5.41, 5.74) is 3.39. The SMILES string of the molecule is COc1cc(-c2cc3nccc(-c4cc[nH]c(=O)c4)c3o2)cc(OC)c1OC. The molecule has 3 aromatic heterocycles. The molecule has 0 bridgehead atoms. The topological polar surface area (TPSA) is 86.6 Å². The van der Waals surface area contributed by atoms with E-state index in [1.54, 1.807) is 33.7 Å². The molecule has 4 aromatic rings. The molecule has 0 fully saturated rings. The smallest absolute Gasteiger partial charge is 0.248 e. The largest absolute Gasteiger partial charge is 0.493 e. The van der Waals surface area contributed by atoms with Crippen molar-refractivity contribution in [2.75, 3.05) is 21.3 Å². The molecule has 1 aromatic carbocycles. The average molecular weight is 378 g/mol. The molecule has 3 heterocycles. The van der Waals surface area contributed by atoms with E-state index in [9.17, 15) is 4.79 Å². The second-order valence-corrected chi connectivity index (χ2v) is 6.04. The van der Waals surface area contributed by atoms with E-state index in [0.29, 0.717) is 34.1 Å². The Morgan fingerprint density at radius 1 is 0.929 bits per heavy atom. The molecule has 7 nitrogen and oxygen atoms in total. The molecule has 7 heteroatoms. The first-order valence-electron chi connectivity index (χ1n) is 8.52. The van der Waals surface area contributed by atoms with Crippen molar-refractivity contribution in [3.63, 3.8) is 0 Å². The molecule has 142 valence electrons. The summed E-state index contributed by atoms with van der Waals surface area (Å²) in [6.45, 7) is 0. The Kier molecular flexibility index (Phi) is 4.49. The van der Waals surface area contributed by atoms with Gasteiger partial charge in [-0.3, -0.25) is 9.78 Å². The number of furan rings is 1. The zero-order valence-corrected chi connectivity index (χ0v) is 15.6. The lowest BCUT2D eigenvalue weighted by Crippen LogP contribution is -2.02. The molecule has 0 radical (unpaired) electrons. The van der Waals surface area contributed by atoms with Gasteiger partial charge in [-0.1, -0.05) is 0 Å². The van der Waals surface area contributed by atoms with Crippen LogP contribution in [0.1, 0.15) is 0 Å². The minimum atomic E-state index is -0.182. The van der Waals surface area contributed by atoms with Gasteiger partial charge in [0.2, 0.25) is 11.3 Å². The Hall–Kier alpha value is -3.74. The highest BCUT2D eigenvalue weighted by molar-refractivity contribution is 5.92. The van der Waals surface area contributed by atoms with Gasteiger partial charge in [0, 0.05) is 35.7 Å². The quantitative estimate of drug-likeness (QED) is 0.567. The number of nitrogens with zero attached hydrogens (tertiary/aromatic N) is 1. The molecule has 0 amide bonds. The standard InChI is InChI=1S/C21H18N2O5/c1-25-17-8-13(9-18(26-2)21(17)27-3)16-11-15-20(28-16)14(5-7-22-15)12-4-6-23-19(24)10-12/h4-11H,1-3H3,(H,23,24). The number of pyridine rings is 2. The van der Waals surface area contributed by atoms with Gasteiger partial charge in [0.15, 0.2) is 17.1 Å². The van der Waals surface area contributed by atoms with E-state index >= 15 is 0 Å². The number of fused-ring (bicyclic) bond motifs is 1. The van der Waals surface area contributed by atoms with Crippen molar-refractivity contribution in [3.05, 3.63) is 59.1 Å². The molecule has 0 unspecified atom stereocenters. The van der Waals surface area contributed by atoms with Crippen molar-refractivity contribution in [2.45, 2.75) is 0 Å². The van der Waals surface area contributed by atoms with Crippen LogP contribution >= 0.6 is 0 Å². The first kappa shape index (κ1) is 17.7. The van der Waals surface area contributed by atoms with Crippen molar-refractivity contribution in [1.82, 2.24) is 9.97 Å². The lowest BCUT2D eigenvalue weighted by Gasteiger charge is -2.13. The second kappa shape index (κ2) is 7.11. The molecular weight excluding hydrogens is 360 g/mol. The predicted molar refractivity (Wildman–Crippen MR) is 105 cm³/mol. The number of benzene rings is 1. The minimum absolute atomic E-state index is 0.182. The number of aromatic amines is 1. The van der Waals surface area contributed by atoms with E-state index in [2.05, 4.69) is 9.97 Å². The van der Waals surface area contributed by atoms with Crippen molar-refractivity contribution in [2.24, 2.45) is 0 Å². The number of hydrogen-bond donors (Lipinski definition) is 1. The zero-order valence-electron chi connectivity index (χ0n) is 15.6. The van der Waals surface area contributed by atoms with Crippen LogP contribution in [0.2, 0.25) is 0 Å². The summed E-state index contributed by atoms with van der Waals surface area (Å²) in [6.07, 6.45) is 3.29. The summed E-state index contributed by atoms with van der Waals surface area (Å²) >= 11 is 0. The molecule has 28 heavy (non-hydrogen) atoms. The van der Waals surface area contributed by atoms with Gasteiger partial charge in [0.1, 0.15) is 11.3 Å². The summed E-state index contributed by atoms with van der Waals surface area (Å²) in [5, 5.41) is 0. The minimum Gasteiger partial charge on any atom is -0.493 e. The van der Waals surface area contributed by atoms with Crippen molar-refractivity contribution >= 4 is 11.1 Å². The average Bonchev–Trinajstić information content (AvgIpc) is 3.17. The molecule has 0 aliphatic carbocycles. The molecule has 0 saturated carbocycles. The third-order valence-corrected chi connectivity index (χ3v) is 4.45. The van der Waals surface area contributed by atoms with E-state index in [0.717, 1.165) is 16.7 Å². The molecule has 0 spiro atoms. The lowest BCUT2D eigenvalue weighted by atomic mass is 10.1. The first-order valence-corrected chi connectivity index (χ1v) is 8.52. The third kappa shape index (κ3) is 2.96. The van der Waals surface area contributed by atoms with E-state index < -0.39 is 0 Å². The van der Waals surface area contributed by atoms with Crippen LogP contribution in [0.25, 0.3) is 33.6 Å². The number of ether oxygens (including phenoxy) is 3. The summed E-state index contributed by atoms with van der Waals surface area (Å²) in [5.74, 6) is 2.16. The van der Waals surface area contributed by atoms with Gasteiger partial charge in [-0.15, -0.1) is 0 Å². The van der Waals surface area contributed by atoms with Gasteiger partial charge in [-0.05, 0) is 29.8 Å². The fraction of sp³-hybridized carbons (Fsp3) is 0.143. The summed E-state index contributed by atoms with van der Waals surface area (Å²) in [7, 11) is 4.68. The van der Waals surface area contributed by atoms with Crippen LogP contribution < -0.4 is 19.8 Å². The zero-order chi connectivity index (χ0) is 19.7. The molecule has 4 rings (SSSR count). The predicted octanol–water partition coefficient (Wildman–Crippen LogP) is 3.88. The molecular formula is C21H18N2O5. The molecule has 0 aliphatic heterocycles. The molecule has 0 aliphatic rings.